The Hall–Kier alpha value is -1.49. The fourth-order valence-corrected chi connectivity index (χ4v) is 2.38. The lowest BCUT2D eigenvalue weighted by Gasteiger charge is -2.28. The summed E-state index contributed by atoms with van der Waals surface area (Å²) in [5.74, 6) is -1.89. The molecule has 1 heterocycles. The number of benzene rings is 1. The van der Waals surface area contributed by atoms with Gasteiger partial charge in [-0.2, -0.15) is 0 Å². The third-order valence-electron chi connectivity index (χ3n) is 3.39. The molecule has 1 saturated heterocycles. The van der Waals surface area contributed by atoms with Crippen molar-refractivity contribution in [3.63, 3.8) is 0 Å². The van der Waals surface area contributed by atoms with Crippen LogP contribution in [0.1, 0.15) is 36.5 Å². The minimum absolute atomic E-state index is 0.198. The summed E-state index contributed by atoms with van der Waals surface area (Å²) in [4.78, 5) is 11.8. The number of carbonyl (C=O) groups is 1. The van der Waals surface area contributed by atoms with Crippen LogP contribution in [-0.4, -0.2) is 24.5 Å². The first-order valence-electron chi connectivity index (χ1n) is 6.55. The number of rotatable bonds is 3. The number of hydrogen-bond donors (Lipinski definition) is 2. The summed E-state index contributed by atoms with van der Waals surface area (Å²) in [6.45, 7) is 2.53. The fraction of sp³-hybridized carbons (Fsp3) is 0.500. The Morgan fingerprint density at radius 3 is 2.95 bits per heavy atom. The van der Waals surface area contributed by atoms with Gasteiger partial charge >= 0.3 is 0 Å². The molecule has 3 nitrogen and oxygen atoms in total. The first-order valence-corrected chi connectivity index (χ1v) is 6.55. The van der Waals surface area contributed by atoms with Crippen LogP contribution >= 0.6 is 0 Å². The summed E-state index contributed by atoms with van der Waals surface area (Å²) in [6.07, 6.45) is 3.22. The Bertz CT molecular complexity index is 465. The summed E-state index contributed by atoms with van der Waals surface area (Å²) in [6, 6.07) is 3.51. The number of halogens is 2. The molecule has 0 radical (unpaired) electrons. The van der Waals surface area contributed by atoms with Gasteiger partial charge in [-0.3, -0.25) is 4.79 Å². The van der Waals surface area contributed by atoms with E-state index in [9.17, 15) is 13.6 Å². The molecule has 0 saturated carbocycles. The van der Waals surface area contributed by atoms with Gasteiger partial charge in [-0.25, -0.2) is 8.78 Å². The van der Waals surface area contributed by atoms with Gasteiger partial charge in [0, 0.05) is 18.6 Å². The van der Waals surface area contributed by atoms with Crippen molar-refractivity contribution in [1.82, 2.24) is 10.6 Å². The largest absolute Gasteiger partial charge is 0.350 e. The zero-order valence-electron chi connectivity index (χ0n) is 10.9. The van der Waals surface area contributed by atoms with Crippen molar-refractivity contribution in [2.75, 3.05) is 6.54 Å². The lowest BCUT2D eigenvalue weighted by molar-refractivity contribution is 0.0941. The van der Waals surface area contributed by atoms with E-state index >= 15 is 0 Å². The Morgan fingerprint density at radius 1 is 1.42 bits per heavy atom. The molecule has 2 unspecified atom stereocenters. The van der Waals surface area contributed by atoms with E-state index in [4.69, 9.17) is 0 Å². The first-order chi connectivity index (χ1) is 9.06. The van der Waals surface area contributed by atoms with Crippen LogP contribution in [0.25, 0.3) is 0 Å². The van der Waals surface area contributed by atoms with E-state index in [0.29, 0.717) is 12.6 Å². The quantitative estimate of drug-likeness (QED) is 0.882. The normalized spacial score (nSPS) is 23.1. The molecule has 0 spiro atoms. The molecule has 1 fully saturated rings. The van der Waals surface area contributed by atoms with Gasteiger partial charge in [0.25, 0.3) is 5.91 Å². The second-order valence-electron chi connectivity index (χ2n) is 5.03. The molecule has 0 bridgehead atoms. The average Bonchev–Trinajstić information content (AvgIpc) is 2.39. The summed E-state index contributed by atoms with van der Waals surface area (Å²) in [5, 5.41) is 6.02. The van der Waals surface area contributed by atoms with E-state index in [1.165, 1.54) is 0 Å². The highest BCUT2D eigenvalue weighted by molar-refractivity contribution is 5.94. The lowest BCUT2D eigenvalue weighted by atomic mass is 9.99. The van der Waals surface area contributed by atoms with Gasteiger partial charge in [0.05, 0.1) is 5.56 Å². The number of hydrogen-bond acceptors (Lipinski definition) is 2. The van der Waals surface area contributed by atoms with Gasteiger partial charge in [0.2, 0.25) is 0 Å². The number of nitrogens with one attached hydrogen (secondary N) is 2. The highest BCUT2D eigenvalue weighted by atomic mass is 19.1. The molecule has 104 valence electrons. The Labute approximate surface area is 111 Å². The first kappa shape index (κ1) is 13.9. The average molecular weight is 268 g/mol. The lowest BCUT2D eigenvalue weighted by Crippen LogP contribution is -2.47. The van der Waals surface area contributed by atoms with E-state index in [0.717, 1.165) is 37.5 Å². The van der Waals surface area contributed by atoms with Crippen molar-refractivity contribution in [2.24, 2.45) is 0 Å². The minimum Gasteiger partial charge on any atom is -0.350 e. The SMILES string of the molecule is CC1CCCC(CNC(=O)c2cc(F)ccc2F)N1. The summed E-state index contributed by atoms with van der Waals surface area (Å²) >= 11 is 0. The predicted octanol–water partition coefficient (Wildman–Crippen LogP) is 2.23. The molecule has 1 aromatic carbocycles. The standard InChI is InChI=1S/C14H18F2N2O/c1-9-3-2-4-11(18-9)8-17-14(19)12-7-10(15)5-6-13(12)16/h5-7,9,11,18H,2-4,8H2,1H3,(H,17,19). The Balaban J connectivity index is 1.92. The van der Waals surface area contributed by atoms with Crippen LogP contribution in [0.5, 0.6) is 0 Å². The third kappa shape index (κ3) is 3.73. The van der Waals surface area contributed by atoms with Gasteiger partial charge in [0.1, 0.15) is 11.6 Å². The molecule has 1 amide bonds. The van der Waals surface area contributed by atoms with Gasteiger partial charge < -0.3 is 10.6 Å². The highest BCUT2D eigenvalue weighted by Crippen LogP contribution is 2.12. The van der Waals surface area contributed by atoms with Crippen LogP contribution in [0.3, 0.4) is 0 Å². The van der Waals surface area contributed by atoms with Crippen LogP contribution in [0.4, 0.5) is 8.78 Å². The van der Waals surface area contributed by atoms with E-state index in [1.54, 1.807) is 0 Å². The molecule has 0 aromatic heterocycles. The van der Waals surface area contributed by atoms with Crippen molar-refractivity contribution in [2.45, 2.75) is 38.3 Å². The van der Waals surface area contributed by atoms with Crippen molar-refractivity contribution < 1.29 is 13.6 Å². The molecule has 1 aliphatic heterocycles. The third-order valence-corrected chi connectivity index (χ3v) is 3.39. The Kier molecular flexibility index (Phi) is 4.47. The van der Waals surface area contributed by atoms with Crippen molar-refractivity contribution in [3.05, 3.63) is 35.4 Å². The number of amides is 1. The summed E-state index contributed by atoms with van der Waals surface area (Å²) < 4.78 is 26.4. The van der Waals surface area contributed by atoms with Crippen LogP contribution in [0.15, 0.2) is 18.2 Å². The molecule has 1 aliphatic rings. The molecule has 0 aliphatic carbocycles. The maximum atomic E-state index is 13.4. The summed E-state index contributed by atoms with van der Waals surface area (Å²) in [7, 11) is 0. The maximum absolute atomic E-state index is 13.4. The van der Waals surface area contributed by atoms with Crippen molar-refractivity contribution >= 4 is 5.91 Å². The minimum atomic E-state index is -0.705. The maximum Gasteiger partial charge on any atom is 0.254 e. The summed E-state index contributed by atoms with van der Waals surface area (Å²) in [5.41, 5.74) is -0.246. The number of carbonyl (C=O) groups excluding carboxylic acids is 1. The van der Waals surface area contributed by atoms with Crippen molar-refractivity contribution in [3.8, 4) is 0 Å². The molecule has 1 aromatic rings. The van der Waals surface area contributed by atoms with Gasteiger partial charge in [-0.1, -0.05) is 6.42 Å². The van der Waals surface area contributed by atoms with Crippen LogP contribution in [0, 0.1) is 11.6 Å². The molecule has 19 heavy (non-hydrogen) atoms. The van der Waals surface area contributed by atoms with Crippen LogP contribution < -0.4 is 10.6 Å². The van der Waals surface area contributed by atoms with E-state index < -0.39 is 17.5 Å². The zero-order chi connectivity index (χ0) is 13.8. The van der Waals surface area contributed by atoms with E-state index in [1.807, 2.05) is 0 Å². The van der Waals surface area contributed by atoms with Crippen LogP contribution in [-0.2, 0) is 0 Å². The van der Waals surface area contributed by atoms with Gasteiger partial charge in [-0.15, -0.1) is 0 Å². The van der Waals surface area contributed by atoms with Gasteiger partial charge in [0.15, 0.2) is 0 Å². The van der Waals surface area contributed by atoms with Crippen LogP contribution in [0.2, 0.25) is 0 Å². The molecule has 2 atom stereocenters. The second kappa shape index (κ2) is 6.10. The monoisotopic (exact) mass is 268 g/mol. The molecular formula is C14H18F2N2O. The topological polar surface area (TPSA) is 41.1 Å². The number of piperidine rings is 1. The molecule has 2 rings (SSSR count). The van der Waals surface area contributed by atoms with E-state index in [-0.39, 0.29) is 11.6 Å². The van der Waals surface area contributed by atoms with Crippen molar-refractivity contribution in [1.29, 1.82) is 0 Å². The molecular weight excluding hydrogens is 250 g/mol. The fourth-order valence-electron chi connectivity index (χ4n) is 2.38. The van der Waals surface area contributed by atoms with Gasteiger partial charge in [-0.05, 0) is 38.0 Å². The predicted molar refractivity (Wildman–Crippen MR) is 68.9 cm³/mol. The Morgan fingerprint density at radius 2 is 2.21 bits per heavy atom. The zero-order valence-corrected chi connectivity index (χ0v) is 10.9. The van der Waals surface area contributed by atoms with E-state index in [2.05, 4.69) is 17.6 Å². The molecule has 5 heteroatoms. The smallest absolute Gasteiger partial charge is 0.254 e. The second-order valence-corrected chi connectivity index (χ2v) is 5.03. The highest BCUT2D eigenvalue weighted by Gasteiger charge is 2.19. The molecule has 2 N–H and O–H groups in total.